The van der Waals surface area contributed by atoms with Crippen LogP contribution in [0.4, 0.5) is 4.79 Å². The van der Waals surface area contributed by atoms with Gasteiger partial charge < -0.3 is 24.4 Å². The summed E-state index contributed by atoms with van der Waals surface area (Å²) in [6.07, 6.45) is 0.305. The number of rotatable bonds is 6. The molecule has 0 aliphatic heterocycles. The van der Waals surface area contributed by atoms with Crippen LogP contribution in [0.5, 0.6) is 0 Å². The highest BCUT2D eigenvalue weighted by molar-refractivity contribution is 5.79. The molecule has 1 aliphatic carbocycles. The van der Waals surface area contributed by atoms with Crippen molar-refractivity contribution in [3.05, 3.63) is 83.8 Å². The van der Waals surface area contributed by atoms with Gasteiger partial charge in [-0.15, -0.1) is 0 Å². The smallest absolute Gasteiger partial charge is 0.407 e. The zero-order valence-electron chi connectivity index (χ0n) is 15.0. The Morgan fingerprint density at radius 2 is 1.64 bits per heavy atom. The molecule has 0 spiro atoms. The molecule has 2 aromatic carbocycles. The molecule has 1 aliphatic rings. The summed E-state index contributed by atoms with van der Waals surface area (Å²) in [4.78, 5) is 23.3. The molecule has 0 saturated heterocycles. The molecule has 4 rings (SSSR count). The van der Waals surface area contributed by atoms with Crippen LogP contribution in [0.1, 0.15) is 35.3 Å². The Labute approximate surface area is 161 Å². The highest BCUT2D eigenvalue weighted by atomic mass is 16.5. The third-order valence-electron chi connectivity index (χ3n) is 4.89. The number of hydrogen-bond acceptors (Lipinski definition) is 5. The van der Waals surface area contributed by atoms with E-state index >= 15 is 0 Å². The first kappa shape index (κ1) is 17.9. The maximum Gasteiger partial charge on any atom is 0.407 e. The van der Waals surface area contributed by atoms with E-state index in [1.54, 1.807) is 12.1 Å². The highest BCUT2D eigenvalue weighted by Gasteiger charge is 2.29. The molecule has 1 N–H and O–H groups in total. The van der Waals surface area contributed by atoms with Crippen LogP contribution in [-0.4, -0.2) is 18.7 Å². The molecule has 28 heavy (non-hydrogen) atoms. The van der Waals surface area contributed by atoms with Crippen LogP contribution in [0, 0.1) is 0 Å². The van der Waals surface area contributed by atoms with E-state index in [1.807, 2.05) is 36.4 Å². The molecule has 0 saturated carbocycles. The number of benzene rings is 2. The summed E-state index contributed by atoms with van der Waals surface area (Å²) in [6, 6.07) is 18.4. The van der Waals surface area contributed by atoms with E-state index in [0.29, 0.717) is 5.76 Å². The molecule has 1 aromatic heterocycles. The molecular formula is C22H18NO5-. The number of carbonyl (C=O) groups excluding carboxylic acids is 2. The van der Waals surface area contributed by atoms with Gasteiger partial charge in [-0.3, -0.25) is 0 Å². The third-order valence-corrected chi connectivity index (χ3v) is 4.89. The second kappa shape index (κ2) is 7.60. The van der Waals surface area contributed by atoms with Crippen molar-refractivity contribution >= 4 is 12.1 Å². The molecular weight excluding hydrogens is 358 g/mol. The predicted molar refractivity (Wildman–Crippen MR) is 99.3 cm³/mol. The molecule has 6 nitrogen and oxygen atoms in total. The van der Waals surface area contributed by atoms with Crippen molar-refractivity contribution < 1.29 is 23.8 Å². The second-order valence-electron chi connectivity index (χ2n) is 6.61. The van der Waals surface area contributed by atoms with Crippen molar-refractivity contribution in [3.63, 3.8) is 0 Å². The van der Waals surface area contributed by atoms with Crippen LogP contribution in [0.15, 0.2) is 71.3 Å². The summed E-state index contributed by atoms with van der Waals surface area (Å²) in [5.41, 5.74) is 4.48. The summed E-state index contributed by atoms with van der Waals surface area (Å²) in [5, 5.41) is 13.5. The normalized spacial score (nSPS) is 13.4. The van der Waals surface area contributed by atoms with Crippen molar-refractivity contribution in [2.24, 2.45) is 0 Å². The van der Waals surface area contributed by atoms with Gasteiger partial charge in [0, 0.05) is 18.3 Å². The number of furan rings is 1. The fraction of sp³-hybridized carbons (Fsp3) is 0.182. The van der Waals surface area contributed by atoms with Gasteiger partial charge in [-0.2, -0.15) is 0 Å². The quantitative estimate of drug-likeness (QED) is 0.714. The Balaban J connectivity index is 1.47. The average Bonchev–Trinajstić information content (AvgIpc) is 3.32. The fourth-order valence-corrected chi connectivity index (χ4v) is 3.66. The maximum atomic E-state index is 12.3. The lowest BCUT2D eigenvalue weighted by Gasteiger charge is -2.19. The number of hydrogen-bond donors (Lipinski definition) is 1. The number of aliphatic carboxylic acids is 1. The van der Waals surface area contributed by atoms with Gasteiger partial charge in [-0.05, 0) is 34.4 Å². The minimum Gasteiger partial charge on any atom is -0.550 e. The van der Waals surface area contributed by atoms with Crippen molar-refractivity contribution in [3.8, 4) is 11.1 Å². The van der Waals surface area contributed by atoms with Gasteiger partial charge in [0.25, 0.3) is 0 Å². The average molecular weight is 376 g/mol. The molecule has 3 aromatic rings. The van der Waals surface area contributed by atoms with Gasteiger partial charge in [-0.1, -0.05) is 48.5 Å². The van der Waals surface area contributed by atoms with Gasteiger partial charge in [0.1, 0.15) is 12.4 Å². The molecule has 1 atom stereocenters. The first-order valence-corrected chi connectivity index (χ1v) is 8.98. The maximum absolute atomic E-state index is 12.3. The summed E-state index contributed by atoms with van der Waals surface area (Å²) >= 11 is 0. The van der Waals surface area contributed by atoms with Crippen molar-refractivity contribution in [1.82, 2.24) is 5.32 Å². The Kier molecular flexibility index (Phi) is 4.85. The molecule has 142 valence electrons. The van der Waals surface area contributed by atoms with Crippen LogP contribution in [0.25, 0.3) is 11.1 Å². The van der Waals surface area contributed by atoms with E-state index in [2.05, 4.69) is 17.4 Å². The van der Waals surface area contributed by atoms with Crippen LogP contribution in [0.2, 0.25) is 0 Å². The van der Waals surface area contributed by atoms with E-state index in [-0.39, 0.29) is 12.5 Å². The lowest BCUT2D eigenvalue weighted by Crippen LogP contribution is -2.34. The predicted octanol–water partition coefficient (Wildman–Crippen LogP) is 3.00. The number of carboxylic acids is 1. The molecule has 0 unspecified atom stereocenters. The molecule has 0 fully saturated rings. The fourth-order valence-electron chi connectivity index (χ4n) is 3.66. The number of carboxylic acid groups (broad SMARTS) is 1. The molecule has 6 heteroatoms. The second-order valence-corrected chi connectivity index (χ2v) is 6.61. The summed E-state index contributed by atoms with van der Waals surface area (Å²) in [5.74, 6) is -1.03. The number of amides is 1. The van der Waals surface area contributed by atoms with Crippen molar-refractivity contribution in [2.75, 3.05) is 6.61 Å². The number of fused-ring (bicyclic) bond motifs is 3. The Hall–Kier alpha value is -3.54. The number of nitrogens with one attached hydrogen (secondary N) is 1. The standard InChI is InChI=1S/C22H19NO5/c24-21(25)12-19(20-10-5-11-27-20)23-22(26)28-13-18-16-8-3-1-6-14(16)15-7-2-4-9-17(15)18/h1-11,18-19H,12-13H2,(H,23,26)(H,24,25)/p-1/t19-/m1/s1. The van der Waals surface area contributed by atoms with Crippen LogP contribution < -0.4 is 10.4 Å². The van der Waals surface area contributed by atoms with Crippen molar-refractivity contribution in [2.45, 2.75) is 18.4 Å². The summed E-state index contributed by atoms with van der Waals surface area (Å²) in [7, 11) is 0. The number of ether oxygens (including phenoxy) is 1. The van der Waals surface area contributed by atoms with E-state index in [4.69, 9.17) is 9.15 Å². The van der Waals surface area contributed by atoms with Gasteiger partial charge in [0.15, 0.2) is 0 Å². The van der Waals surface area contributed by atoms with Gasteiger partial charge in [-0.25, -0.2) is 4.79 Å². The monoisotopic (exact) mass is 376 g/mol. The molecule has 1 amide bonds. The Morgan fingerprint density at radius 1 is 1.00 bits per heavy atom. The van der Waals surface area contributed by atoms with E-state index < -0.39 is 24.5 Å². The van der Waals surface area contributed by atoms with Crippen molar-refractivity contribution in [1.29, 1.82) is 0 Å². The first-order valence-electron chi connectivity index (χ1n) is 8.98. The lowest BCUT2D eigenvalue weighted by atomic mass is 9.98. The highest BCUT2D eigenvalue weighted by Crippen LogP contribution is 2.44. The minimum atomic E-state index is -1.29. The minimum absolute atomic E-state index is 0.0682. The van der Waals surface area contributed by atoms with E-state index in [1.165, 1.54) is 6.26 Å². The molecule has 0 bridgehead atoms. The van der Waals surface area contributed by atoms with Gasteiger partial charge in [0.05, 0.1) is 12.3 Å². The zero-order valence-corrected chi connectivity index (χ0v) is 15.0. The van der Waals surface area contributed by atoms with E-state index in [9.17, 15) is 14.7 Å². The Bertz CT molecular complexity index is 950. The molecule has 1 heterocycles. The van der Waals surface area contributed by atoms with Crippen LogP contribution in [-0.2, 0) is 9.53 Å². The number of carbonyl (C=O) groups is 2. The topological polar surface area (TPSA) is 91.6 Å². The lowest BCUT2D eigenvalue weighted by molar-refractivity contribution is -0.306. The largest absolute Gasteiger partial charge is 0.550 e. The zero-order chi connectivity index (χ0) is 19.5. The van der Waals surface area contributed by atoms with Gasteiger partial charge >= 0.3 is 6.09 Å². The van der Waals surface area contributed by atoms with Gasteiger partial charge in [0.2, 0.25) is 0 Å². The number of alkyl carbamates (subject to hydrolysis) is 1. The SMILES string of the molecule is O=C([O-])C[C@@H](NC(=O)OCC1c2ccccc2-c2ccccc21)c1ccco1. The molecule has 0 radical (unpaired) electrons. The third kappa shape index (κ3) is 3.49. The van der Waals surface area contributed by atoms with E-state index in [0.717, 1.165) is 22.3 Å². The van der Waals surface area contributed by atoms with Crippen LogP contribution >= 0.6 is 0 Å². The summed E-state index contributed by atoms with van der Waals surface area (Å²) in [6.45, 7) is 0.149. The first-order chi connectivity index (χ1) is 13.6. The summed E-state index contributed by atoms with van der Waals surface area (Å²) < 4.78 is 10.7. The van der Waals surface area contributed by atoms with Crippen LogP contribution in [0.3, 0.4) is 0 Å². The Morgan fingerprint density at radius 3 is 2.21 bits per heavy atom.